The largest absolute Gasteiger partial charge is 0.440 e. The molecule has 10 nitrogen and oxygen atoms in total. The van der Waals surface area contributed by atoms with Crippen molar-refractivity contribution in [1.82, 2.24) is 9.55 Å². The number of hydrogen-bond donors (Lipinski definition) is 4. The topological polar surface area (TPSA) is 157 Å². The Bertz CT molecular complexity index is 702. The van der Waals surface area contributed by atoms with Gasteiger partial charge in [0.1, 0.15) is 12.3 Å². The second kappa shape index (κ2) is 11.7. The van der Waals surface area contributed by atoms with Crippen molar-refractivity contribution in [1.29, 1.82) is 0 Å². The molecule has 11 heteroatoms. The summed E-state index contributed by atoms with van der Waals surface area (Å²) in [4.78, 5) is 36.4. The number of aromatic nitrogens is 2. The number of nitrogens with zero attached hydrogens (tertiary/aromatic N) is 1. The fraction of sp³-hybridized carbons (Fsp3) is 0.688. The monoisotopic (exact) mass is 385 g/mol. The predicted octanol–water partition coefficient (Wildman–Crippen LogP) is -1.14. The molecular formula is C16H28BN3O7. The van der Waals surface area contributed by atoms with Gasteiger partial charge in [0.25, 0.3) is 5.56 Å². The first kappa shape index (κ1) is 25.1. The first-order valence-corrected chi connectivity index (χ1v) is 8.51. The van der Waals surface area contributed by atoms with Crippen molar-refractivity contribution in [3.63, 3.8) is 0 Å². The van der Waals surface area contributed by atoms with Gasteiger partial charge in [0.15, 0.2) is 13.5 Å². The highest BCUT2D eigenvalue weighted by Gasteiger charge is 2.42. The van der Waals surface area contributed by atoms with Gasteiger partial charge in [-0.05, 0) is 19.8 Å². The van der Waals surface area contributed by atoms with Crippen LogP contribution in [0.3, 0.4) is 0 Å². The van der Waals surface area contributed by atoms with E-state index in [4.69, 9.17) is 23.4 Å². The molecule has 3 unspecified atom stereocenters. The molecule has 1 aliphatic rings. The van der Waals surface area contributed by atoms with E-state index in [1.807, 2.05) is 0 Å². The van der Waals surface area contributed by atoms with Gasteiger partial charge in [0.2, 0.25) is 0 Å². The zero-order valence-corrected chi connectivity index (χ0v) is 16.1. The minimum Gasteiger partial charge on any atom is -0.440 e. The number of nitrogens with two attached hydrogens (primary N) is 1. The van der Waals surface area contributed by atoms with Crippen LogP contribution < -0.4 is 17.0 Å². The molecule has 0 spiro atoms. The Morgan fingerprint density at radius 2 is 2.00 bits per heavy atom. The summed E-state index contributed by atoms with van der Waals surface area (Å²) in [6.07, 6.45) is 1.44. The number of aryl methyl sites for hydroxylation is 1. The highest BCUT2D eigenvalue weighted by atomic mass is 16.7. The highest BCUT2D eigenvalue weighted by molar-refractivity contribution is 6.14. The molecule has 0 bridgehead atoms. The Balaban J connectivity index is 0.00000123. The van der Waals surface area contributed by atoms with Crippen LogP contribution in [0.15, 0.2) is 15.8 Å². The number of rotatable bonds is 4. The lowest BCUT2D eigenvalue weighted by molar-refractivity contribution is -0.214. The molecule has 0 aliphatic carbocycles. The lowest BCUT2D eigenvalue weighted by Gasteiger charge is -2.30. The molecule has 0 aromatic carbocycles. The van der Waals surface area contributed by atoms with E-state index in [9.17, 15) is 19.5 Å². The molecule has 27 heavy (non-hydrogen) atoms. The van der Waals surface area contributed by atoms with Crippen molar-refractivity contribution in [2.24, 2.45) is 5.73 Å². The van der Waals surface area contributed by atoms with Crippen LogP contribution in [0.4, 0.5) is 0 Å². The van der Waals surface area contributed by atoms with Crippen LogP contribution in [0.5, 0.6) is 0 Å². The molecule has 152 valence electrons. The Morgan fingerprint density at radius 3 is 2.52 bits per heavy atom. The summed E-state index contributed by atoms with van der Waals surface area (Å²) in [5.74, 6) is -0.880. The third-order valence-electron chi connectivity index (χ3n) is 3.36. The van der Waals surface area contributed by atoms with Gasteiger partial charge >= 0.3 is 11.7 Å². The Hall–Kier alpha value is -1.95. The van der Waals surface area contributed by atoms with Crippen LogP contribution in [-0.2, 0) is 14.3 Å². The number of esters is 1. The molecular weight excluding hydrogens is 357 g/mol. The van der Waals surface area contributed by atoms with E-state index in [0.717, 1.165) is 7.11 Å². The molecule has 3 atom stereocenters. The zero-order chi connectivity index (χ0) is 21.2. The molecule has 1 saturated heterocycles. The average molecular weight is 385 g/mol. The van der Waals surface area contributed by atoms with Crippen LogP contribution in [0.2, 0.25) is 0 Å². The summed E-state index contributed by atoms with van der Waals surface area (Å²) in [6.45, 7) is 5.36. The van der Waals surface area contributed by atoms with Crippen molar-refractivity contribution in [3.8, 4) is 0 Å². The van der Waals surface area contributed by atoms with E-state index in [1.165, 1.54) is 17.2 Å². The number of aliphatic hydroxyl groups is 2. The van der Waals surface area contributed by atoms with Gasteiger partial charge in [-0.15, -0.1) is 0 Å². The number of ether oxygens (including phenoxy) is 2. The van der Waals surface area contributed by atoms with Crippen molar-refractivity contribution in [3.05, 3.63) is 32.6 Å². The molecule has 2 heterocycles. The summed E-state index contributed by atoms with van der Waals surface area (Å²) in [6, 6.07) is 0. The first-order chi connectivity index (χ1) is 12.7. The molecule has 1 fully saturated rings. The predicted molar refractivity (Wildman–Crippen MR) is 99.2 cm³/mol. The van der Waals surface area contributed by atoms with E-state index < -0.39 is 41.8 Å². The summed E-state index contributed by atoms with van der Waals surface area (Å²) in [5, 5.41) is 17.0. The summed E-state index contributed by atoms with van der Waals surface area (Å²) in [5.41, 5.74) is 1.96. The van der Waals surface area contributed by atoms with Crippen molar-refractivity contribution in [2.75, 3.05) is 13.7 Å². The summed E-state index contributed by atoms with van der Waals surface area (Å²) in [7, 11) is 6.52. The Morgan fingerprint density at radius 1 is 1.44 bits per heavy atom. The second-order valence-electron chi connectivity index (χ2n) is 5.77. The quantitative estimate of drug-likeness (QED) is 0.288. The van der Waals surface area contributed by atoms with E-state index in [0.29, 0.717) is 12.0 Å². The number of nitrogens with one attached hydrogen (secondary N) is 1. The SMILES string of the molecule is CCC.CO.[B]C(O)(OC(=O)CN)C1CCC(n2cc(C)c(=O)[nH]c2=O)O1. The molecule has 1 aliphatic heterocycles. The van der Waals surface area contributed by atoms with E-state index in [1.54, 1.807) is 6.92 Å². The van der Waals surface area contributed by atoms with Gasteiger partial charge in [-0.1, -0.05) is 20.3 Å². The smallest absolute Gasteiger partial charge is 0.330 e. The number of hydrogen-bond acceptors (Lipinski definition) is 8. The first-order valence-electron chi connectivity index (χ1n) is 8.51. The van der Waals surface area contributed by atoms with E-state index in [-0.39, 0.29) is 6.42 Å². The normalized spacial score (nSPS) is 20.4. The molecule has 2 rings (SSSR count). The zero-order valence-electron chi connectivity index (χ0n) is 16.1. The number of carbonyl (C=O) groups excluding carboxylic acids is 1. The molecule has 2 radical (unpaired) electrons. The fourth-order valence-corrected chi connectivity index (χ4v) is 2.22. The Kier molecular flexibility index (Phi) is 10.9. The maximum absolute atomic E-state index is 11.8. The lowest BCUT2D eigenvalue weighted by atomic mass is 9.87. The third-order valence-corrected chi connectivity index (χ3v) is 3.36. The second-order valence-corrected chi connectivity index (χ2v) is 5.77. The molecule has 0 amide bonds. The van der Waals surface area contributed by atoms with Crippen molar-refractivity contribution in [2.45, 2.75) is 58.1 Å². The maximum Gasteiger partial charge on any atom is 0.330 e. The minimum absolute atomic E-state index is 0.250. The van der Waals surface area contributed by atoms with Gasteiger partial charge in [0, 0.05) is 18.9 Å². The maximum atomic E-state index is 11.8. The molecule has 1 aromatic rings. The van der Waals surface area contributed by atoms with Crippen LogP contribution in [0.1, 0.15) is 44.9 Å². The van der Waals surface area contributed by atoms with Crippen molar-refractivity contribution < 1.29 is 24.5 Å². The fourth-order valence-electron chi connectivity index (χ4n) is 2.22. The van der Waals surface area contributed by atoms with Gasteiger partial charge in [-0.25, -0.2) is 4.79 Å². The number of aliphatic hydroxyl groups excluding tert-OH is 1. The minimum atomic E-state index is -2.34. The highest BCUT2D eigenvalue weighted by Crippen LogP contribution is 2.32. The third kappa shape index (κ3) is 7.29. The number of aromatic amines is 1. The average Bonchev–Trinajstić information content (AvgIpc) is 3.11. The lowest BCUT2D eigenvalue weighted by Crippen LogP contribution is -2.48. The molecule has 1 aromatic heterocycles. The van der Waals surface area contributed by atoms with Gasteiger partial charge in [0.05, 0.1) is 6.54 Å². The van der Waals surface area contributed by atoms with Crippen molar-refractivity contribution >= 4 is 13.8 Å². The summed E-state index contributed by atoms with van der Waals surface area (Å²) < 4.78 is 11.3. The number of H-pyrrole nitrogens is 1. The van der Waals surface area contributed by atoms with Crippen LogP contribution >= 0.6 is 0 Å². The van der Waals surface area contributed by atoms with E-state index >= 15 is 0 Å². The van der Waals surface area contributed by atoms with Gasteiger partial charge < -0.3 is 25.4 Å². The molecule has 0 saturated carbocycles. The van der Waals surface area contributed by atoms with Crippen LogP contribution in [0, 0.1) is 6.92 Å². The number of carbonyl (C=O) groups is 1. The van der Waals surface area contributed by atoms with Crippen LogP contribution in [0.25, 0.3) is 0 Å². The van der Waals surface area contributed by atoms with Gasteiger partial charge in [-0.2, -0.15) is 0 Å². The Labute approximate surface area is 158 Å². The van der Waals surface area contributed by atoms with E-state index in [2.05, 4.69) is 23.6 Å². The van der Waals surface area contributed by atoms with Gasteiger partial charge in [-0.3, -0.25) is 19.1 Å². The molecule has 5 N–H and O–H groups in total. The summed E-state index contributed by atoms with van der Waals surface area (Å²) >= 11 is 0. The standard InChI is InChI=1S/C12H16BN3O6.C3H8.CH4O/c1-6-5-16(11(19)15-10(6)18)8-3-2-7(21-8)12(13,20)22-9(17)4-14;1-3-2;1-2/h5,7-8,20H,2-4,14H2,1H3,(H,15,18,19);3H2,1-2H3;2H,1H3. The van der Waals surface area contributed by atoms with Crippen LogP contribution in [-0.4, -0.2) is 59.0 Å².